The largest absolute Gasteiger partial charge is 0.278 e. The Morgan fingerprint density at radius 1 is 1.00 bits per heavy atom. The van der Waals surface area contributed by atoms with Gasteiger partial charge in [0.15, 0.2) is 0 Å². The zero-order chi connectivity index (χ0) is 13.2. The lowest BCUT2D eigenvalue weighted by atomic mass is 10.0. The third kappa shape index (κ3) is 2.34. The summed E-state index contributed by atoms with van der Waals surface area (Å²) in [6.45, 7) is 4.93. The SMILES string of the molecule is Cc1cnc(C2=NCC(c3ccccc3)=C2)cc1C. The fourth-order valence-corrected chi connectivity index (χ4v) is 2.17. The topological polar surface area (TPSA) is 25.2 Å². The zero-order valence-corrected chi connectivity index (χ0v) is 11.2. The van der Waals surface area contributed by atoms with E-state index in [2.05, 4.69) is 60.2 Å². The van der Waals surface area contributed by atoms with Gasteiger partial charge in [0, 0.05) is 6.20 Å². The molecule has 0 atom stereocenters. The number of pyridine rings is 1. The van der Waals surface area contributed by atoms with Crippen molar-refractivity contribution in [2.45, 2.75) is 13.8 Å². The number of aryl methyl sites for hydroxylation is 2. The van der Waals surface area contributed by atoms with Gasteiger partial charge in [-0.3, -0.25) is 9.98 Å². The summed E-state index contributed by atoms with van der Waals surface area (Å²) in [7, 11) is 0. The third-order valence-corrected chi connectivity index (χ3v) is 3.51. The van der Waals surface area contributed by atoms with E-state index in [0.29, 0.717) is 0 Å². The summed E-state index contributed by atoms with van der Waals surface area (Å²) in [4.78, 5) is 9.07. The Balaban J connectivity index is 1.92. The summed E-state index contributed by atoms with van der Waals surface area (Å²) in [5.41, 5.74) is 6.93. The molecule has 1 aromatic heterocycles. The van der Waals surface area contributed by atoms with Crippen LogP contribution in [0.1, 0.15) is 22.4 Å². The van der Waals surface area contributed by atoms with Gasteiger partial charge in [0.1, 0.15) is 0 Å². The molecule has 0 spiro atoms. The lowest BCUT2D eigenvalue weighted by Gasteiger charge is -2.02. The van der Waals surface area contributed by atoms with Gasteiger partial charge in [-0.15, -0.1) is 0 Å². The molecule has 0 saturated carbocycles. The Kier molecular flexibility index (Phi) is 3.00. The van der Waals surface area contributed by atoms with E-state index in [4.69, 9.17) is 0 Å². The second kappa shape index (κ2) is 4.81. The smallest absolute Gasteiger partial charge is 0.0884 e. The normalized spacial score (nSPS) is 14.2. The van der Waals surface area contributed by atoms with Gasteiger partial charge >= 0.3 is 0 Å². The van der Waals surface area contributed by atoms with Gasteiger partial charge in [-0.25, -0.2) is 0 Å². The number of rotatable bonds is 2. The van der Waals surface area contributed by atoms with E-state index >= 15 is 0 Å². The third-order valence-electron chi connectivity index (χ3n) is 3.51. The minimum Gasteiger partial charge on any atom is -0.278 e. The van der Waals surface area contributed by atoms with Crippen molar-refractivity contribution in [3.63, 3.8) is 0 Å². The maximum Gasteiger partial charge on any atom is 0.0884 e. The van der Waals surface area contributed by atoms with Crippen LogP contribution in [0.15, 0.2) is 53.7 Å². The molecule has 0 amide bonds. The number of nitrogens with zero attached hydrogens (tertiary/aromatic N) is 2. The van der Waals surface area contributed by atoms with Crippen LogP contribution in [0.5, 0.6) is 0 Å². The first kappa shape index (κ1) is 11.8. The molecule has 1 aliphatic rings. The van der Waals surface area contributed by atoms with Crippen molar-refractivity contribution in [1.82, 2.24) is 4.98 Å². The van der Waals surface area contributed by atoms with Gasteiger partial charge in [-0.05, 0) is 48.3 Å². The standard InChI is InChI=1S/C17H16N2/c1-12-8-16(18-10-13(12)2)17-9-15(11-19-17)14-6-4-3-5-7-14/h3-10H,11H2,1-2H3. The van der Waals surface area contributed by atoms with Gasteiger partial charge in [-0.1, -0.05) is 30.3 Å². The number of benzene rings is 1. The second-order valence-electron chi connectivity index (χ2n) is 4.89. The van der Waals surface area contributed by atoms with Crippen LogP contribution >= 0.6 is 0 Å². The molecule has 1 aliphatic heterocycles. The second-order valence-corrected chi connectivity index (χ2v) is 4.89. The van der Waals surface area contributed by atoms with Crippen molar-refractivity contribution in [2.75, 3.05) is 6.54 Å². The lowest BCUT2D eigenvalue weighted by Crippen LogP contribution is -1.99. The van der Waals surface area contributed by atoms with Crippen LogP contribution in [-0.2, 0) is 0 Å². The van der Waals surface area contributed by atoms with E-state index in [0.717, 1.165) is 18.0 Å². The highest BCUT2D eigenvalue weighted by Gasteiger charge is 2.13. The average molecular weight is 248 g/mol. The highest BCUT2D eigenvalue weighted by atomic mass is 14.8. The van der Waals surface area contributed by atoms with E-state index in [-0.39, 0.29) is 0 Å². The predicted octanol–water partition coefficient (Wildman–Crippen LogP) is 3.58. The number of allylic oxidation sites excluding steroid dienone is 1. The molecule has 0 saturated heterocycles. The van der Waals surface area contributed by atoms with Crippen LogP contribution in [-0.4, -0.2) is 17.2 Å². The molecule has 2 aromatic rings. The maximum absolute atomic E-state index is 4.60. The van der Waals surface area contributed by atoms with Crippen LogP contribution in [0.2, 0.25) is 0 Å². The first-order chi connectivity index (χ1) is 9.24. The fraction of sp³-hybridized carbons (Fsp3) is 0.176. The lowest BCUT2D eigenvalue weighted by molar-refractivity contribution is 1.19. The molecule has 1 aromatic carbocycles. The van der Waals surface area contributed by atoms with Crippen LogP contribution in [0.4, 0.5) is 0 Å². The van der Waals surface area contributed by atoms with Gasteiger partial charge in [0.05, 0.1) is 18.0 Å². The summed E-state index contributed by atoms with van der Waals surface area (Å²) >= 11 is 0. The predicted molar refractivity (Wildman–Crippen MR) is 79.5 cm³/mol. The molecule has 3 rings (SSSR count). The van der Waals surface area contributed by atoms with E-state index in [9.17, 15) is 0 Å². The van der Waals surface area contributed by atoms with Crippen LogP contribution in [0.25, 0.3) is 5.57 Å². The zero-order valence-electron chi connectivity index (χ0n) is 11.2. The molecule has 2 heteroatoms. The highest BCUT2D eigenvalue weighted by Crippen LogP contribution is 2.21. The summed E-state index contributed by atoms with van der Waals surface area (Å²) in [6, 6.07) is 12.5. The van der Waals surface area contributed by atoms with Gasteiger partial charge in [0.25, 0.3) is 0 Å². The molecule has 0 bridgehead atoms. The van der Waals surface area contributed by atoms with Crippen molar-refractivity contribution < 1.29 is 0 Å². The molecule has 94 valence electrons. The Morgan fingerprint density at radius 3 is 2.53 bits per heavy atom. The maximum atomic E-state index is 4.60. The summed E-state index contributed by atoms with van der Waals surface area (Å²) in [5.74, 6) is 0. The van der Waals surface area contributed by atoms with Gasteiger partial charge < -0.3 is 0 Å². The van der Waals surface area contributed by atoms with Crippen molar-refractivity contribution in [3.05, 3.63) is 71.1 Å². The van der Waals surface area contributed by atoms with Crippen LogP contribution in [0.3, 0.4) is 0 Å². The quantitative estimate of drug-likeness (QED) is 0.797. The Hall–Kier alpha value is -2.22. The fourth-order valence-electron chi connectivity index (χ4n) is 2.17. The molecular weight excluding hydrogens is 232 g/mol. The molecular formula is C17H16N2. The van der Waals surface area contributed by atoms with Crippen LogP contribution in [0, 0.1) is 13.8 Å². The van der Waals surface area contributed by atoms with E-state index in [1.165, 1.54) is 22.3 Å². The van der Waals surface area contributed by atoms with Gasteiger partial charge in [-0.2, -0.15) is 0 Å². The summed E-state index contributed by atoms with van der Waals surface area (Å²) < 4.78 is 0. The molecule has 0 fully saturated rings. The minimum atomic E-state index is 0.744. The molecule has 0 aliphatic carbocycles. The number of hydrogen-bond acceptors (Lipinski definition) is 2. The van der Waals surface area contributed by atoms with Crippen molar-refractivity contribution in [1.29, 1.82) is 0 Å². The first-order valence-corrected chi connectivity index (χ1v) is 6.48. The number of hydrogen-bond donors (Lipinski definition) is 0. The van der Waals surface area contributed by atoms with E-state index in [1.807, 2.05) is 12.3 Å². The van der Waals surface area contributed by atoms with E-state index < -0.39 is 0 Å². The monoisotopic (exact) mass is 248 g/mol. The van der Waals surface area contributed by atoms with Crippen molar-refractivity contribution in [2.24, 2.45) is 4.99 Å². The average Bonchev–Trinajstić information content (AvgIpc) is 2.93. The van der Waals surface area contributed by atoms with E-state index in [1.54, 1.807) is 0 Å². The number of aromatic nitrogens is 1. The van der Waals surface area contributed by atoms with Gasteiger partial charge in [0.2, 0.25) is 0 Å². The molecule has 0 N–H and O–H groups in total. The number of aliphatic imine (C=N–C) groups is 1. The first-order valence-electron chi connectivity index (χ1n) is 6.48. The molecule has 19 heavy (non-hydrogen) atoms. The molecule has 2 nitrogen and oxygen atoms in total. The van der Waals surface area contributed by atoms with Crippen molar-refractivity contribution in [3.8, 4) is 0 Å². The highest BCUT2D eigenvalue weighted by molar-refractivity contribution is 6.13. The Labute approximate surface area is 113 Å². The molecule has 0 unspecified atom stereocenters. The Morgan fingerprint density at radius 2 is 1.79 bits per heavy atom. The van der Waals surface area contributed by atoms with Crippen LogP contribution < -0.4 is 0 Å². The molecule has 2 heterocycles. The summed E-state index contributed by atoms with van der Waals surface area (Å²) in [5, 5.41) is 0. The Bertz CT molecular complexity index is 667. The van der Waals surface area contributed by atoms with Crippen molar-refractivity contribution >= 4 is 11.3 Å². The minimum absolute atomic E-state index is 0.744. The summed E-state index contributed by atoms with van der Waals surface area (Å²) in [6.07, 6.45) is 4.06. The molecule has 0 radical (unpaired) electrons.